The molecule has 4 heteroatoms. The van der Waals surface area contributed by atoms with Gasteiger partial charge in [0.1, 0.15) is 11.9 Å². The lowest BCUT2D eigenvalue weighted by molar-refractivity contribution is 0.0149. The third-order valence-corrected chi connectivity index (χ3v) is 3.31. The van der Waals surface area contributed by atoms with Crippen molar-refractivity contribution in [2.75, 3.05) is 13.6 Å². The lowest BCUT2D eigenvalue weighted by atomic mass is 9.95. The van der Waals surface area contributed by atoms with E-state index in [9.17, 15) is 15.3 Å². The van der Waals surface area contributed by atoms with Crippen LogP contribution < -0.4 is 5.32 Å². The van der Waals surface area contributed by atoms with E-state index in [0.29, 0.717) is 23.9 Å². The average Bonchev–Trinajstić information content (AvgIpc) is 2.45. The first kappa shape index (κ1) is 13.8. The van der Waals surface area contributed by atoms with Gasteiger partial charge in [0.05, 0.1) is 6.10 Å². The first-order chi connectivity index (χ1) is 9.15. The monoisotopic (exact) mass is 261 g/mol. The van der Waals surface area contributed by atoms with Crippen molar-refractivity contribution < 1.29 is 15.3 Å². The normalized spacial score (nSPS) is 14.5. The Morgan fingerprint density at radius 3 is 2.42 bits per heavy atom. The van der Waals surface area contributed by atoms with Crippen molar-refractivity contribution in [3.05, 3.63) is 42.0 Å². The van der Waals surface area contributed by atoms with Crippen LogP contribution in [0.25, 0.3) is 10.8 Å². The fraction of sp³-hybridized carbons (Fsp3) is 0.333. The predicted molar refractivity (Wildman–Crippen MR) is 75.1 cm³/mol. The first-order valence-electron chi connectivity index (χ1n) is 6.36. The molecule has 0 saturated heterocycles. The highest BCUT2D eigenvalue weighted by Crippen LogP contribution is 2.32. The van der Waals surface area contributed by atoms with Crippen LogP contribution in [0.3, 0.4) is 0 Å². The van der Waals surface area contributed by atoms with Crippen LogP contribution in [0, 0.1) is 0 Å². The SMILES string of the molecule is CNCCC(O)C(O)c1ccc(O)c2ccccc12. The molecule has 2 aromatic rings. The number of fused-ring (bicyclic) bond motifs is 1. The van der Waals surface area contributed by atoms with Crippen LogP contribution in [-0.4, -0.2) is 35.0 Å². The molecule has 2 atom stereocenters. The van der Waals surface area contributed by atoms with Crippen molar-refractivity contribution in [1.82, 2.24) is 5.32 Å². The van der Waals surface area contributed by atoms with Gasteiger partial charge in [-0.2, -0.15) is 0 Å². The molecule has 0 aliphatic carbocycles. The van der Waals surface area contributed by atoms with Crippen LogP contribution >= 0.6 is 0 Å². The number of hydrogen-bond acceptors (Lipinski definition) is 4. The molecule has 0 bridgehead atoms. The zero-order valence-corrected chi connectivity index (χ0v) is 10.9. The van der Waals surface area contributed by atoms with E-state index < -0.39 is 12.2 Å². The van der Waals surface area contributed by atoms with Gasteiger partial charge >= 0.3 is 0 Å². The number of rotatable bonds is 5. The summed E-state index contributed by atoms with van der Waals surface area (Å²) in [5.74, 6) is 0.177. The van der Waals surface area contributed by atoms with Gasteiger partial charge in [-0.25, -0.2) is 0 Å². The molecule has 0 aromatic heterocycles. The van der Waals surface area contributed by atoms with E-state index in [1.54, 1.807) is 25.2 Å². The number of phenols is 1. The van der Waals surface area contributed by atoms with Gasteiger partial charge in [-0.15, -0.1) is 0 Å². The zero-order valence-electron chi connectivity index (χ0n) is 10.9. The highest BCUT2D eigenvalue weighted by molar-refractivity contribution is 5.91. The highest BCUT2D eigenvalue weighted by Gasteiger charge is 2.20. The number of phenolic OH excluding ortho intramolecular Hbond substituents is 1. The minimum absolute atomic E-state index is 0.177. The Hall–Kier alpha value is -1.62. The predicted octanol–water partition coefficient (Wildman–Crippen LogP) is 1.55. The fourth-order valence-electron chi connectivity index (χ4n) is 2.22. The number of benzene rings is 2. The van der Waals surface area contributed by atoms with Crippen molar-refractivity contribution in [1.29, 1.82) is 0 Å². The summed E-state index contributed by atoms with van der Waals surface area (Å²) < 4.78 is 0. The molecule has 102 valence electrons. The van der Waals surface area contributed by atoms with E-state index in [1.807, 2.05) is 18.2 Å². The summed E-state index contributed by atoms with van der Waals surface area (Å²) in [5, 5.41) is 34.4. The standard InChI is InChI=1S/C15H19NO3/c1-16-9-8-14(18)15(19)12-6-7-13(17)11-5-3-2-4-10(11)12/h2-7,14-19H,8-9H2,1H3. The molecular formula is C15H19NO3. The Morgan fingerprint density at radius 2 is 1.74 bits per heavy atom. The minimum Gasteiger partial charge on any atom is -0.507 e. The zero-order chi connectivity index (χ0) is 13.8. The first-order valence-corrected chi connectivity index (χ1v) is 6.36. The van der Waals surface area contributed by atoms with Gasteiger partial charge in [-0.3, -0.25) is 0 Å². The van der Waals surface area contributed by atoms with Crippen molar-refractivity contribution in [2.24, 2.45) is 0 Å². The quantitative estimate of drug-likeness (QED) is 0.659. The van der Waals surface area contributed by atoms with Crippen LogP contribution in [0.2, 0.25) is 0 Å². The molecule has 19 heavy (non-hydrogen) atoms. The molecule has 2 aromatic carbocycles. The van der Waals surface area contributed by atoms with Gasteiger partial charge in [0, 0.05) is 5.39 Å². The molecule has 0 fully saturated rings. The Bertz CT molecular complexity index is 556. The van der Waals surface area contributed by atoms with Gasteiger partial charge in [0.25, 0.3) is 0 Å². The highest BCUT2D eigenvalue weighted by atomic mass is 16.3. The van der Waals surface area contributed by atoms with Gasteiger partial charge in [-0.1, -0.05) is 30.3 Å². The molecule has 0 spiro atoms. The second kappa shape index (κ2) is 6.02. The summed E-state index contributed by atoms with van der Waals surface area (Å²) >= 11 is 0. The summed E-state index contributed by atoms with van der Waals surface area (Å²) in [4.78, 5) is 0. The molecule has 0 amide bonds. The van der Waals surface area contributed by atoms with Gasteiger partial charge in [0.2, 0.25) is 0 Å². The summed E-state index contributed by atoms with van der Waals surface area (Å²) in [6.45, 7) is 0.633. The van der Waals surface area contributed by atoms with E-state index >= 15 is 0 Å². The minimum atomic E-state index is -0.959. The maximum Gasteiger partial charge on any atom is 0.123 e. The van der Waals surface area contributed by atoms with E-state index in [2.05, 4.69) is 5.32 Å². The lowest BCUT2D eigenvalue weighted by Gasteiger charge is -2.20. The Balaban J connectivity index is 2.37. The Labute approximate surface area is 112 Å². The van der Waals surface area contributed by atoms with Crippen LogP contribution in [0.1, 0.15) is 18.1 Å². The van der Waals surface area contributed by atoms with Crippen molar-refractivity contribution in [3.63, 3.8) is 0 Å². The molecule has 4 N–H and O–H groups in total. The average molecular weight is 261 g/mol. The lowest BCUT2D eigenvalue weighted by Crippen LogP contribution is -2.23. The van der Waals surface area contributed by atoms with Gasteiger partial charge in [0.15, 0.2) is 0 Å². The number of aliphatic hydroxyl groups is 2. The molecule has 2 rings (SSSR count). The third-order valence-electron chi connectivity index (χ3n) is 3.31. The topological polar surface area (TPSA) is 72.7 Å². The molecule has 4 nitrogen and oxygen atoms in total. The second-order valence-electron chi connectivity index (χ2n) is 4.62. The summed E-state index contributed by atoms with van der Waals surface area (Å²) in [7, 11) is 1.80. The fourth-order valence-corrected chi connectivity index (χ4v) is 2.22. The third kappa shape index (κ3) is 2.87. The summed E-state index contributed by atoms with van der Waals surface area (Å²) in [6.07, 6.45) is -1.33. The molecule has 2 unspecified atom stereocenters. The number of aliphatic hydroxyl groups excluding tert-OH is 2. The summed E-state index contributed by atoms with van der Waals surface area (Å²) in [6, 6.07) is 10.5. The van der Waals surface area contributed by atoms with Crippen LogP contribution in [0.4, 0.5) is 0 Å². The largest absolute Gasteiger partial charge is 0.507 e. The van der Waals surface area contributed by atoms with Crippen molar-refractivity contribution in [2.45, 2.75) is 18.6 Å². The van der Waals surface area contributed by atoms with E-state index in [-0.39, 0.29) is 5.75 Å². The second-order valence-corrected chi connectivity index (χ2v) is 4.62. The summed E-state index contributed by atoms with van der Waals surface area (Å²) in [5.41, 5.74) is 0.636. The molecule has 0 aliphatic heterocycles. The van der Waals surface area contributed by atoms with Crippen LogP contribution in [0.5, 0.6) is 5.75 Å². The van der Waals surface area contributed by atoms with Crippen LogP contribution in [0.15, 0.2) is 36.4 Å². The van der Waals surface area contributed by atoms with E-state index in [1.165, 1.54) is 0 Å². The van der Waals surface area contributed by atoms with Crippen molar-refractivity contribution >= 4 is 10.8 Å². The number of nitrogens with one attached hydrogen (secondary N) is 1. The maximum absolute atomic E-state index is 10.2. The Morgan fingerprint density at radius 1 is 1.05 bits per heavy atom. The number of hydrogen-bond donors (Lipinski definition) is 4. The Kier molecular flexibility index (Phi) is 4.37. The number of aromatic hydroxyl groups is 1. The molecule has 0 heterocycles. The molecule has 0 saturated carbocycles. The van der Waals surface area contributed by atoms with E-state index in [4.69, 9.17) is 0 Å². The van der Waals surface area contributed by atoms with E-state index in [0.717, 1.165) is 5.39 Å². The maximum atomic E-state index is 10.2. The van der Waals surface area contributed by atoms with Gasteiger partial charge < -0.3 is 20.6 Å². The molecule has 0 aliphatic rings. The van der Waals surface area contributed by atoms with Crippen LogP contribution in [-0.2, 0) is 0 Å². The molecular weight excluding hydrogens is 242 g/mol. The smallest absolute Gasteiger partial charge is 0.123 e. The van der Waals surface area contributed by atoms with Crippen molar-refractivity contribution in [3.8, 4) is 5.75 Å². The molecule has 0 radical (unpaired) electrons. The van der Waals surface area contributed by atoms with Gasteiger partial charge in [-0.05, 0) is 37.0 Å².